The predicted octanol–water partition coefficient (Wildman–Crippen LogP) is -0.391. The minimum Gasteiger partial charge on any atom is -0.356 e. The van der Waals surface area contributed by atoms with E-state index >= 15 is 0 Å². The van der Waals surface area contributed by atoms with Crippen molar-refractivity contribution < 1.29 is 9.59 Å². The Balaban J connectivity index is 1.77. The van der Waals surface area contributed by atoms with Gasteiger partial charge in [-0.1, -0.05) is 0 Å². The SMILES string of the molecule is CCNC(=O)C1CCN(C(=O)CN2CCCN(C)CC2)C1. The van der Waals surface area contributed by atoms with Crippen LogP contribution in [0.25, 0.3) is 0 Å². The lowest BCUT2D eigenvalue weighted by Crippen LogP contribution is -2.41. The van der Waals surface area contributed by atoms with Crippen molar-refractivity contribution in [2.75, 3.05) is 59.4 Å². The Morgan fingerprint density at radius 2 is 1.95 bits per heavy atom. The maximum Gasteiger partial charge on any atom is 0.236 e. The van der Waals surface area contributed by atoms with Crippen LogP contribution in [0.3, 0.4) is 0 Å². The highest BCUT2D eigenvalue weighted by molar-refractivity contribution is 5.82. The quantitative estimate of drug-likeness (QED) is 0.768. The molecule has 0 aliphatic carbocycles. The van der Waals surface area contributed by atoms with Crippen LogP contribution in [0.5, 0.6) is 0 Å². The molecule has 2 rings (SSSR count). The second-order valence-electron chi connectivity index (χ2n) is 6.15. The Hall–Kier alpha value is -1.14. The number of rotatable bonds is 4. The van der Waals surface area contributed by atoms with Gasteiger partial charge in [0.05, 0.1) is 12.5 Å². The number of carbonyl (C=O) groups excluding carboxylic acids is 2. The number of likely N-dealkylation sites (tertiary alicyclic amines) is 1. The number of nitrogens with one attached hydrogen (secondary N) is 1. The molecule has 2 heterocycles. The summed E-state index contributed by atoms with van der Waals surface area (Å²) in [6.07, 6.45) is 1.91. The summed E-state index contributed by atoms with van der Waals surface area (Å²) in [5.74, 6) is 0.236. The fourth-order valence-electron chi connectivity index (χ4n) is 3.07. The van der Waals surface area contributed by atoms with Crippen molar-refractivity contribution in [1.29, 1.82) is 0 Å². The second-order valence-corrected chi connectivity index (χ2v) is 6.15. The summed E-state index contributed by atoms with van der Waals surface area (Å²) in [7, 11) is 2.13. The van der Waals surface area contributed by atoms with E-state index in [4.69, 9.17) is 0 Å². The Morgan fingerprint density at radius 3 is 2.71 bits per heavy atom. The van der Waals surface area contributed by atoms with E-state index in [1.54, 1.807) is 0 Å². The molecule has 0 spiro atoms. The summed E-state index contributed by atoms with van der Waals surface area (Å²) in [6.45, 7) is 8.45. The third-order valence-electron chi connectivity index (χ3n) is 4.43. The highest BCUT2D eigenvalue weighted by atomic mass is 16.2. The number of nitrogens with zero attached hydrogens (tertiary/aromatic N) is 3. The summed E-state index contributed by atoms with van der Waals surface area (Å²) in [5, 5.41) is 2.85. The van der Waals surface area contributed by atoms with Gasteiger partial charge < -0.3 is 15.1 Å². The molecule has 0 bridgehead atoms. The third-order valence-corrected chi connectivity index (χ3v) is 4.43. The average Bonchev–Trinajstić information content (AvgIpc) is 2.86. The molecule has 0 aromatic rings. The highest BCUT2D eigenvalue weighted by Gasteiger charge is 2.31. The van der Waals surface area contributed by atoms with Gasteiger partial charge in [0.2, 0.25) is 11.8 Å². The first kappa shape index (κ1) is 16.2. The summed E-state index contributed by atoms with van der Waals surface area (Å²) in [4.78, 5) is 30.6. The zero-order chi connectivity index (χ0) is 15.2. The lowest BCUT2D eigenvalue weighted by molar-refractivity contribution is -0.131. The lowest BCUT2D eigenvalue weighted by atomic mass is 10.1. The van der Waals surface area contributed by atoms with Gasteiger partial charge in [-0.3, -0.25) is 14.5 Å². The normalized spacial score (nSPS) is 24.9. The molecule has 2 aliphatic rings. The number of hydrogen-bond acceptors (Lipinski definition) is 4. The van der Waals surface area contributed by atoms with Crippen LogP contribution in [0, 0.1) is 5.92 Å². The Kier molecular flexibility index (Phi) is 5.99. The molecule has 0 aromatic heterocycles. The number of likely N-dealkylation sites (N-methyl/N-ethyl adjacent to an activating group) is 1. The molecule has 6 heteroatoms. The Bertz CT molecular complexity index is 375. The average molecular weight is 296 g/mol. The third kappa shape index (κ3) is 4.68. The molecular formula is C15H28N4O2. The van der Waals surface area contributed by atoms with Gasteiger partial charge in [0.1, 0.15) is 0 Å². The number of hydrogen-bond donors (Lipinski definition) is 1. The van der Waals surface area contributed by atoms with Crippen molar-refractivity contribution in [3.05, 3.63) is 0 Å². The Morgan fingerprint density at radius 1 is 1.14 bits per heavy atom. The van der Waals surface area contributed by atoms with Crippen LogP contribution in [0.4, 0.5) is 0 Å². The molecule has 1 N–H and O–H groups in total. The van der Waals surface area contributed by atoms with E-state index in [2.05, 4.69) is 22.2 Å². The van der Waals surface area contributed by atoms with Crippen LogP contribution in [-0.4, -0.2) is 85.9 Å². The van der Waals surface area contributed by atoms with Crippen molar-refractivity contribution in [3.63, 3.8) is 0 Å². The van der Waals surface area contributed by atoms with Crippen molar-refractivity contribution in [1.82, 2.24) is 20.0 Å². The standard InChI is InChI=1S/C15H28N4O2/c1-3-16-15(21)13-5-8-19(11-13)14(20)12-18-7-4-6-17(2)9-10-18/h13H,3-12H2,1-2H3,(H,16,21). The molecule has 6 nitrogen and oxygen atoms in total. The van der Waals surface area contributed by atoms with Crippen LogP contribution in [0.15, 0.2) is 0 Å². The zero-order valence-corrected chi connectivity index (χ0v) is 13.3. The highest BCUT2D eigenvalue weighted by Crippen LogP contribution is 2.17. The van der Waals surface area contributed by atoms with Gasteiger partial charge >= 0.3 is 0 Å². The first-order valence-electron chi connectivity index (χ1n) is 8.06. The summed E-state index contributed by atoms with van der Waals surface area (Å²) >= 11 is 0. The fraction of sp³-hybridized carbons (Fsp3) is 0.867. The van der Waals surface area contributed by atoms with E-state index in [-0.39, 0.29) is 17.7 Å². The number of carbonyl (C=O) groups is 2. The van der Waals surface area contributed by atoms with Crippen LogP contribution in [-0.2, 0) is 9.59 Å². The van der Waals surface area contributed by atoms with Gasteiger partial charge in [0.25, 0.3) is 0 Å². The van der Waals surface area contributed by atoms with Crippen molar-refractivity contribution >= 4 is 11.8 Å². The van der Waals surface area contributed by atoms with Crippen molar-refractivity contribution in [2.45, 2.75) is 19.8 Å². The van der Waals surface area contributed by atoms with Gasteiger partial charge in [0.15, 0.2) is 0 Å². The van der Waals surface area contributed by atoms with Gasteiger partial charge in [-0.15, -0.1) is 0 Å². The first-order valence-corrected chi connectivity index (χ1v) is 8.06. The largest absolute Gasteiger partial charge is 0.356 e. The molecule has 2 amide bonds. The van der Waals surface area contributed by atoms with Gasteiger partial charge in [0, 0.05) is 32.7 Å². The fourth-order valence-corrected chi connectivity index (χ4v) is 3.07. The summed E-state index contributed by atoms with van der Waals surface area (Å²) in [5.41, 5.74) is 0. The minimum absolute atomic E-state index is 0.0239. The maximum atomic E-state index is 12.4. The molecular weight excluding hydrogens is 268 g/mol. The van der Waals surface area contributed by atoms with Gasteiger partial charge in [-0.2, -0.15) is 0 Å². The molecule has 0 aromatic carbocycles. The first-order chi connectivity index (χ1) is 10.1. The van der Waals surface area contributed by atoms with Crippen molar-refractivity contribution in [2.24, 2.45) is 5.92 Å². The van der Waals surface area contributed by atoms with Crippen LogP contribution >= 0.6 is 0 Å². The second kappa shape index (κ2) is 7.75. The van der Waals surface area contributed by atoms with Gasteiger partial charge in [-0.25, -0.2) is 0 Å². The van der Waals surface area contributed by atoms with Crippen molar-refractivity contribution in [3.8, 4) is 0 Å². The molecule has 2 aliphatic heterocycles. The lowest BCUT2D eigenvalue weighted by Gasteiger charge is -2.23. The number of amides is 2. The van der Waals surface area contributed by atoms with Crippen LogP contribution in [0.1, 0.15) is 19.8 Å². The molecule has 1 atom stereocenters. The van der Waals surface area contributed by atoms with E-state index < -0.39 is 0 Å². The van der Waals surface area contributed by atoms with Gasteiger partial charge in [-0.05, 0) is 39.9 Å². The molecule has 21 heavy (non-hydrogen) atoms. The predicted molar refractivity (Wildman–Crippen MR) is 81.9 cm³/mol. The van der Waals surface area contributed by atoms with E-state index in [1.165, 1.54) is 0 Å². The maximum absolute atomic E-state index is 12.4. The van der Waals surface area contributed by atoms with Crippen LogP contribution < -0.4 is 5.32 Å². The molecule has 0 radical (unpaired) electrons. The molecule has 0 saturated carbocycles. The van der Waals surface area contributed by atoms with E-state index in [0.717, 1.165) is 39.0 Å². The topological polar surface area (TPSA) is 55.9 Å². The molecule has 2 fully saturated rings. The summed E-state index contributed by atoms with van der Waals surface area (Å²) in [6, 6.07) is 0. The minimum atomic E-state index is -0.0239. The molecule has 120 valence electrons. The summed E-state index contributed by atoms with van der Waals surface area (Å²) < 4.78 is 0. The molecule has 1 unspecified atom stereocenters. The van der Waals surface area contributed by atoms with Crippen LogP contribution in [0.2, 0.25) is 0 Å². The smallest absolute Gasteiger partial charge is 0.236 e. The monoisotopic (exact) mass is 296 g/mol. The zero-order valence-electron chi connectivity index (χ0n) is 13.3. The van der Waals surface area contributed by atoms with E-state index in [9.17, 15) is 9.59 Å². The van der Waals surface area contributed by atoms with E-state index in [0.29, 0.717) is 26.2 Å². The Labute approximate surface area is 127 Å². The van der Waals surface area contributed by atoms with E-state index in [1.807, 2.05) is 11.8 Å². The molecule has 2 saturated heterocycles.